The Morgan fingerprint density at radius 3 is 2.36 bits per heavy atom. The highest BCUT2D eigenvalue weighted by Gasteiger charge is 2.11. The second-order valence-electron chi connectivity index (χ2n) is 3.06. The molecule has 0 spiro atoms. The average Bonchev–Trinajstić information content (AvgIpc) is 2.04. The summed E-state index contributed by atoms with van der Waals surface area (Å²) in [6.45, 7) is 2.25. The SMILES string of the molecule is C(=C\C1CNC1)/c1ccncc1.Cl.Cl. The van der Waals surface area contributed by atoms with Crippen LogP contribution in [0, 0.1) is 5.92 Å². The molecule has 0 amide bonds. The first-order chi connectivity index (χ1) is 5.95. The van der Waals surface area contributed by atoms with Crippen molar-refractivity contribution < 1.29 is 0 Å². The zero-order valence-corrected chi connectivity index (χ0v) is 9.35. The third-order valence-corrected chi connectivity index (χ3v) is 2.08. The molecule has 0 aliphatic carbocycles. The third-order valence-electron chi connectivity index (χ3n) is 2.08. The van der Waals surface area contributed by atoms with Gasteiger partial charge in [-0.25, -0.2) is 0 Å². The Balaban J connectivity index is 0.000000845. The van der Waals surface area contributed by atoms with Crippen LogP contribution in [0.3, 0.4) is 0 Å². The van der Waals surface area contributed by atoms with Gasteiger partial charge in [0.2, 0.25) is 0 Å². The summed E-state index contributed by atoms with van der Waals surface area (Å²) in [5.74, 6) is 0.734. The van der Waals surface area contributed by atoms with Gasteiger partial charge in [-0.3, -0.25) is 4.98 Å². The third kappa shape index (κ3) is 3.66. The van der Waals surface area contributed by atoms with Crippen LogP contribution in [-0.4, -0.2) is 18.1 Å². The molecule has 1 aromatic rings. The van der Waals surface area contributed by atoms with Crippen LogP contribution in [0.25, 0.3) is 6.08 Å². The Morgan fingerprint density at radius 1 is 1.21 bits per heavy atom. The Bertz CT molecular complexity index is 271. The molecule has 2 rings (SSSR count). The molecule has 0 atom stereocenters. The zero-order chi connectivity index (χ0) is 8.23. The van der Waals surface area contributed by atoms with Crippen LogP contribution in [0.4, 0.5) is 0 Å². The fourth-order valence-electron chi connectivity index (χ4n) is 1.17. The summed E-state index contributed by atoms with van der Waals surface area (Å²) in [4.78, 5) is 3.96. The number of aromatic nitrogens is 1. The van der Waals surface area contributed by atoms with Gasteiger partial charge in [0.05, 0.1) is 0 Å². The Hall–Kier alpha value is -0.570. The lowest BCUT2D eigenvalue weighted by molar-refractivity contribution is 0.420. The highest BCUT2D eigenvalue weighted by Crippen LogP contribution is 2.07. The minimum Gasteiger partial charge on any atom is -0.315 e. The Kier molecular flexibility index (Phi) is 6.54. The molecule has 0 bridgehead atoms. The second kappa shape index (κ2) is 6.82. The van der Waals surface area contributed by atoms with Gasteiger partial charge in [-0.05, 0) is 17.7 Å². The molecule has 0 aromatic carbocycles. The molecule has 1 saturated heterocycles. The topological polar surface area (TPSA) is 24.9 Å². The summed E-state index contributed by atoms with van der Waals surface area (Å²) >= 11 is 0. The highest BCUT2D eigenvalue weighted by molar-refractivity contribution is 5.85. The summed E-state index contributed by atoms with van der Waals surface area (Å²) < 4.78 is 0. The molecule has 1 aliphatic rings. The number of rotatable bonds is 2. The fourth-order valence-corrected chi connectivity index (χ4v) is 1.17. The van der Waals surface area contributed by atoms with E-state index >= 15 is 0 Å². The van der Waals surface area contributed by atoms with E-state index in [1.807, 2.05) is 24.5 Å². The largest absolute Gasteiger partial charge is 0.315 e. The molecule has 0 unspecified atom stereocenters. The predicted octanol–water partition coefficient (Wildman–Crippen LogP) is 2.16. The zero-order valence-electron chi connectivity index (χ0n) is 7.72. The van der Waals surface area contributed by atoms with E-state index in [1.165, 1.54) is 5.56 Å². The molecule has 2 nitrogen and oxygen atoms in total. The van der Waals surface area contributed by atoms with Crippen molar-refractivity contribution in [3.05, 3.63) is 36.2 Å². The molecular weight excluding hydrogens is 219 g/mol. The molecule has 1 N–H and O–H groups in total. The van der Waals surface area contributed by atoms with Gasteiger partial charge in [0.15, 0.2) is 0 Å². The van der Waals surface area contributed by atoms with Gasteiger partial charge in [0.1, 0.15) is 0 Å². The van der Waals surface area contributed by atoms with E-state index in [0.29, 0.717) is 0 Å². The van der Waals surface area contributed by atoms with E-state index in [1.54, 1.807) is 0 Å². The molecular formula is C10H14Cl2N2. The van der Waals surface area contributed by atoms with E-state index in [2.05, 4.69) is 22.5 Å². The van der Waals surface area contributed by atoms with Gasteiger partial charge in [-0.2, -0.15) is 0 Å². The van der Waals surface area contributed by atoms with Crippen LogP contribution in [-0.2, 0) is 0 Å². The van der Waals surface area contributed by atoms with Crippen LogP contribution in [0.1, 0.15) is 5.56 Å². The van der Waals surface area contributed by atoms with Crippen molar-refractivity contribution in [1.82, 2.24) is 10.3 Å². The van der Waals surface area contributed by atoms with Crippen molar-refractivity contribution in [2.45, 2.75) is 0 Å². The van der Waals surface area contributed by atoms with Crippen molar-refractivity contribution in [2.24, 2.45) is 5.92 Å². The van der Waals surface area contributed by atoms with Crippen LogP contribution < -0.4 is 5.32 Å². The van der Waals surface area contributed by atoms with E-state index in [9.17, 15) is 0 Å². The van der Waals surface area contributed by atoms with Crippen molar-refractivity contribution >= 4 is 30.9 Å². The quantitative estimate of drug-likeness (QED) is 0.846. The number of hydrogen-bond acceptors (Lipinski definition) is 2. The Morgan fingerprint density at radius 2 is 1.86 bits per heavy atom. The summed E-state index contributed by atoms with van der Waals surface area (Å²) in [6, 6.07) is 4.03. The maximum atomic E-state index is 3.96. The smallest absolute Gasteiger partial charge is 0.0273 e. The van der Waals surface area contributed by atoms with Gasteiger partial charge in [-0.15, -0.1) is 24.8 Å². The molecule has 0 radical (unpaired) electrons. The van der Waals surface area contributed by atoms with E-state index in [4.69, 9.17) is 0 Å². The van der Waals surface area contributed by atoms with Crippen molar-refractivity contribution in [2.75, 3.05) is 13.1 Å². The predicted molar refractivity (Wildman–Crippen MR) is 64.1 cm³/mol. The van der Waals surface area contributed by atoms with Gasteiger partial charge in [0, 0.05) is 31.4 Å². The number of hydrogen-bond donors (Lipinski definition) is 1. The normalized spacial score (nSPS) is 15.4. The number of nitrogens with zero attached hydrogens (tertiary/aromatic N) is 1. The van der Waals surface area contributed by atoms with Crippen molar-refractivity contribution in [1.29, 1.82) is 0 Å². The maximum absolute atomic E-state index is 3.96. The molecule has 4 heteroatoms. The lowest BCUT2D eigenvalue weighted by Crippen LogP contribution is -2.40. The van der Waals surface area contributed by atoms with Crippen LogP contribution in [0.5, 0.6) is 0 Å². The van der Waals surface area contributed by atoms with Crippen molar-refractivity contribution in [3.8, 4) is 0 Å². The summed E-state index contributed by atoms with van der Waals surface area (Å²) in [7, 11) is 0. The summed E-state index contributed by atoms with van der Waals surface area (Å²) in [5, 5.41) is 3.23. The monoisotopic (exact) mass is 232 g/mol. The van der Waals surface area contributed by atoms with E-state index < -0.39 is 0 Å². The Labute approximate surface area is 96.6 Å². The number of nitrogens with one attached hydrogen (secondary N) is 1. The first-order valence-electron chi connectivity index (χ1n) is 4.24. The summed E-state index contributed by atoms with van der Waals surface area (Å²) in [5.41, 5.74) is 1.23. The molecule has 1 aromatic heterocycles. The fraction of sp³-hybridized carbons (Fsp3) is 0.300. The van der Waals surface area contributed by atoms with Crippen LogP contribution in [0.2, 0.25) is 0 Å². The molecule has 1 fully saturated rings. The molecule has 0 saturated carbocycles. The summed E-state index contributed by atoms with van der Waals surface area (Å²) in [6.07, 6.45) is 8.05. The maximum Gasteiger partial charge on any atom is 0.0273 e. The van der Waals surface area contributed by atoms with Crippen LogP contribution >= 0.6 is 24.8 Å². The molecule has 14 heavy (non-hydrogen) atoms. The van der Waals surface area contributed by atoms with Gasteiger partial charge in [0.25, 0.3) is 0 Å². The minimum atomic E-state index is 0. The minimum absolute atomic E-state index is 0. The molecule has 2 heterocycles. The molecule has 78 valence electrons. The number of halogens is 2. The van der Waals surface area contributed by atoms with Gasteiger partial charge < -0.3 is 5.32 Å². The standard InChI is InChI=1S/C10H12N2.2ClH/c1(2-10-7-12-8-10)9-3-5-11-6-4-9;;/h1-6,10,12H,7-8H2;2*1H/b2-1+;;. The van der Waals surface area contributed by atoms with E-state index in [-0.39, 0.29) is 24.8 Å². The average molecular weight is 233 g/mol. The lowest BCUT2D eigenvalue weighted by Gasteiger charge is -2.23. The second-order valence-corrected chi connectivity index (χ2v) is 3.06. The first kappa shape index (κ1) is 13.4. The van der Waals surface area contributed by atoms with Gasteiger partial charge >= 0.3 is 0 Å². The van der Waals surface area contributed by atoms with Crippen LogP contribution in [0.15, 0.2) is 30.6 Å². The molecule has 1 aliphatic heterocycles. The number of pyridine rings is 1. The lowest BCUT2D eigenvalue weighted by atomic mass is 10.0. The first-order valence-corrected chi connectivity index (χ1v) is 4.24. The van der Waals surface area contributed by atoms with Gasteiger partial charge in [-0.1, -0.05) is 12.2 Å². The van der Waals surface area contributed by atoms with E-state index in [0.717, 1.165) is 19.0 Å². The van der Waals surface area contributed by atoms with Crippen molar-refractivity contribution in [3.63, 3.8) is 0 Å². The highest BCUT2D eigenvalue weighted by atomic mass is 35.5.